The number of benzene rings is 7. The molecule has 0 aliphatic heterocycles. The summed E-state index contributed by atoms with van der Waals surface area (Å²) < 4.78 is 0. The average molecular weight is 658 g/mol. The fourth-order valence-corrected chi connectivity index (χ4v) is 10.4. The minimum absolute atomic E-state index is 0.409. The smallest absolute Gasteiger partial charge is 0.0540 e. The van der Waals surface area contributed by atoms with Gasteiger partial charge in [0.2, 0.25) is 0 Å². The largest absolute Gasteiger partial charge is 0.310 e. The van der Waals surface area contributed by atoms with Gasteiger partial charge in [0.15, 0.2) is 0 Å². The van der Waals surface area contributed by atoms with E-state index >= 15 is 0 Å². The van der Waals surface area contributed by atoms with Crippen LogP contribution in [0.25, 0.3) is 44.2 Å². The highest BCUT2D eigenvalue weighted by Crippen LogP contribution is 2.60. The molecular weight excluding hydrogens is 615 g/mol. The van der Waals surface area contributed by atoms with E-state index in [2.05, 4.69) is 175 Å². The Hall–Kier alpha value is -5.40. The van der Waals surface area contributed by atoms with E-state index in [1.54, 1.807) is 5.56 Å². The molecule has 4 aliphatic rings. The first-order valence-corrected chi connectivity index (χ1v) is 18.9. The third-order valence-electron chi connectivity index (χ3n) is 12.4. The van der Waals surface area contributed by atoms with Crippen LogP contribution in [0.3, 0.4) is 0 Å². The van der Waals surface area contributed by atoms with Gasteiger partial charge in [-0.25, -0.2) is 0 Å². The normalized spacial score (nSPS) is 21.9. The Morgan fingerprint density at radius 1 is 0.392 bits per heavy atom. The molecule has 11 rings (SSSR count). The van der Waals surface area contributed by atoms with E-state index in [1.807, 2.05) is 0 Å². The molecule has 0 saturated heterocycles. The van der Waals surface area contributed by atoms with Crippen molar-refractivity contribution in [2.24, 2.45) is 17.8 Å². The van der Waals surface area contributed by atoms with Gasteiger partial charge in [0.25, 0.3) is 0 Å². The van der Waals surface area contributed by atoms with Crippen LogP contribution in [0.2, 0.25) is 0 Å². The first kappa shape index (κ1) is 30.4. The zero-order valence-corrected chi connectivity index (χ0v) is 29.1. The van der Waals surface area contributed by atoms with Crippen LogP contribution in [0.5, 0.6) is 0 Å². The molecule has 0 aromatic heterocycles. The predicted molar refractivity (Wildman–Crippen MR) is 215 cm³/mol. The lowest BCUT2D eigenvalue weighted by Gasteiger charge is -2.57. The van der Waals surface area contributed by atoms with Crippen LogP contribution in [-0.4, -0.2) is 0 Å². The van der Waals surface area contributed by atoms with Crippen LogP contribution in [-0.2, 0) is 5.41 Å². The van der Waals surface area contributed by atoms with Gasteiger partial charge in [-0.2, -0.15) is 0 Å². The van der Waals surface area contributed by atoms with Gasteiger partial charge in [-0.1, -0.05) is 133 Å². The molecule has 1 heteroatoms. The number of fused-ring (bicyclic) bond motifs is 1. The molecule has 51 heavy (non-hydrogen) atoms. The fourth-order valence-electron chi connectivity index (χ4n) is 10.4. The molecule has 0 amide bonds. The molecule has 0 atom stereocenters. The second kappa shape index (κ2) is 12.4. The van der Waals surface area contributed by atoms with Crippen molar-refractivity contribution in [3.63, 3.8) is 0 Å². The maximum absolute atomic E-state index is 2.48. The van der Waals surface area contributed by atoms with E-state index in [4.69, 9.17) is 0 Å². The van der Waals surface area contributed by atoms with E-state index in [1.165, 1.54) is 88.4 Å². The standard InChI is InChI=1S/C50H43N/c1-2-8-38(9-3-1)40-18-24-46(25-19-40)51(47-26-20-41(21-27-47)44-15-14-39-10-4-5-11-43(39)31-44)49-13-7-6-12-48(49)42-16-22-45(23-17-42)50-32-35-28-36(33-50)30-37(29-35)34-50/h1-27,31,35-37H,28-30,32-34H2. The molecule has 1 nitrogen and oxygen atoms in total. The van der Waals surface area contributed by atoms with Crippen molar-refractivity contribution in [1.82, 2.24) is 0 Å². The zero-order chi connectivity index (χ0) is 33.8. The molecule has 0 spiro atoms. The van der Waals surface area contributed by atoms with Gasteiger partial charge in [-0.15, -0.1) is 0 Å². The topological polar surface area (TPSA) is 3.24 Å². The second-order valence-electron chi connectivity index (χ2n) is 15.6. The Morgan fingerprint density at radius 2 is 0.882 bits per heavy atom. The summed E-state index contributed by atoms with van der Waals surface area (Å²) in [4.78, 5) is 2.43. The molecule has 0 heterocycles. The van der Waals surface area contributed by atoms with Crippen LogP contribution in [0.1, 0.15) is 44.1 Å². The Bertz CT molecular complexity index is 2280. The molecule has 7 aromatic rings. The third kappa shape index (κ3) is 5.56. The molecule has 0 unspecified atom stereocenters. The molecule has 0 radical (unpaired) electrons. The Morgan fingerprint density at radius 3 is 1.53 bits per heavy atom. The molecule has 4 bridgehead atoms. The number of rotatable bonds is 7. The van der Waals surface area contributed by atoms with E-state index in [-0.39, 0.29) is 0 Å². The van der Waals surface area contributed by atoms with E-state index < -0.39 is 0 Å². The maximum atomic E-state index is 2.48. The SMILES string of the molecule is c1ccc(-c2ccc(N(c3ccc(-c4ccc5ccccc5c4)cc3)c3ccccc3-c3ccc(C45CC6CC(CC(C6)C4)C5)cc3)cc2)cc1. The summed E-state index contributed by atoms with van der Waals surface area (Å²) in [6.07, 6.45) is 8.65. The molecular formula is C50H43N. The van der Waals surface area contributed by atoms with Crippen molar-refractivity contribution < 1.29 is 0 Å². The monoisotopic (exact) mass is 657 g/mol. The highest BCUT2D eigenvalue weighted by molar-refractivity contribution is 5.90. The molecule has 4 fully saturated rings. The molecule has 0 N–H and O–H groups in total. The quantitative estimate of drug-likeness (QED) is 0.165. The summed E-state index contributed by atoms with van der Waals surface area (Å²) >= 11 is 0. The number of hydrogen-bond donors (Lipinski definition) is 0. The van der Waals surface area contributed by atoms with Crippen molar-refractivity contribution in [2.45, 2.75) is 43.9 Å². The number of para-hydroxylation sites is 1. The van der Waals surface area contributed by atoms with Crippen LogP contribution >= 0.6 is 0 Å². The number of hydrogen-bond acceptors (Lipinski definition) is 1. The summed E-state index contributed by atoms with van der Waals surface area (Å²) in [6, 6.07) is 62.9. The first-order valence-electron chi connectivity index (χ1n) is 18.9. The average Bonchev–Trinajstić information content (AvgIpc) is 3.18. The lowest BCUT2D eigenvalue weighted by Crippen LogP contribution is -2.48. The third-order valence-corrected chi connectivity index (χ3v) is 12.4. The fraction of sp³-hybridized carbons (Fsp3) is 0.200. The first-order chi connectivity index (χ1) is 25.2. The number of anilines is 3. The van der Waals surface area contributed by atoms with Crippen LogP contribution in [0.15, 0.2) is 170 Å². The van der Waals surface area contributed by atoms with Crippen LogP contribution in [0.4, 0.5) is 17.1 Å². The van der Waals surface area contributed by atoms with Crippen molar-refractivity contribution in [2.75, 3.05) is 4.90 Å². The van der Waals surface area contributed by atoms with E-state index in [9.17, 15) is 0 Å². The molecule has 7 aromatic carbocycles. The van der Waals surface area contributed by atoms with E-state index in [0.29, 0.717) is 5.41 Å². The lowest BCUT2D eigenvalue weighted by atomic mass is 9.48. The summed E-state index contributed by atoms with van der Waals surface area (Å²) in [7, 11) is 0. The van der Waals surface area contributed by atoms with Crippen molar-refractivity contribution >= 4 is 27.8 Å². The van der Waals surface area contributed by atoms with Gasteiger partial charge in [-0.3, -0.25) is 0 Å². The summed E-state index contributed by atoms with van der Waals surface area (Å²) in [6.45, 7) is 0. The lowest BCUT2D eigenvalue weighted by molar-refractivity contribution is -0.00518. The predicted octanol–water partition coefficient (Wildman–Crippen LogP) is 13.8. The zero-order valence-electron chi connectivity index (χ0n) is 29.1. The van der Waals surface area contributed by atoms with Gasteiger partial charge < -0.3 is 4.90 Å². The maximum Gasteiger partial charge on any atom is 0.0540 e. The Balaban J connectivity index is 1.03. The molecule has 4 saturated carbocycles. The summed E-state index contributed by atoms with van der Waals surface area (Å²) in [5, 5.41) is 2.54. The molecule has 248 valence electrons. The van der Waals surface area contributed by atoms with Crippen molar-refractivity contribution in [3.05, 3.63) is 175 Å². The van der Waals surface area contributed by atoms with Crippen molar-refractivity contribution in [1.29, 1.82) is 0 Å². The van der Waals surface area contributed by atoms with Crippen LogP contribution in [0, 0.1) is 17.8 Å². The van der Waals surface area contributed by atoms with Gasteiger partial charge >= 0.3 is 0 Å². The number of nitrogens with zero attached hydrogens (tertiary/aromatic N) is 1. The Kier molecular flexibility index (Phi) is 7.41. The Labute approximate surface area is 302 Å². The van der Waals surface area contributed by atoms with Crippen LogP contribution < -0.4 is 4.90 Å². The minimum Gasteiger partial charge on any atom is -0.310 e. The van der Waals surface area contributed by atoms with Gasteiger partial charge in [0.05, 0.1) is 5.69 Å². The summed E-state index contributed by atoms with van der Waals surface area (Å²) in [5.74, 6) is 2.85. The van der Waals surface area contributed by atoms with Gasteiger partial charge in [0.1, 0.15) is 0 Å². The minimum atomic E-state index is 0.409. The highest BCUT2D eigenvalue weighted by Gasteiger charge is 2.51. The van der Waals surface area contributed by atoms with E-state index in [0.717, 1.165) is 29.1 Å². The second-order valence-corrected chi connectivity index (χ2v) is 15.6. The van der Waals surface area contributed by atoms with Gasteiger partial charge in [-0.05, 0) is 142 Å². The van der Waals surface area contributed by atoms with Crippen molar-refractivity contribution in [3.8, 4) is 33.4 Å². The summed E-state index contributed by atoms with van der Waals surface area (Å²) in [5.41, 5.74) is 12.9. The molecule has 4 aliphatic carbocycles. The van der Waals surface area contributed by atoms with Gasteiger partial charge in [0, 0.05) is 16.9 Å². The highest BCUT2D eigenvalue weighted by atomic mass is 15.1.